The normalized spacial score (nSPS) is 15.2. The van der Waals surface area contributed by atoms with E-state index < -0.39 is 11.4 Å². The average molecular weight is 320 g/mol. The first kappa shape index (κ1) is 16.8. The Kier molecular flexibility index (Phi) is 5.20. The molecule has 1 saturated carbocycles. The summed E-state index contributed by atoms with van der Waals surface area (Å²) in [6.45, 7) is -0.0800. The second-order valence-corrected chi connectivity index (χ2v) is 5.65. The Morgan fingerprint density at radius 1 is 1.17 bits per heavy atom. The standard InChI is InChI=1S/C16H20N2O5/c1-17-14(20)10-23-12-5-3-11(4-6-12)18-13(19)9-16(15(21)22)7-2-8-16/h3-6H,2,7-10H2,1H3,(H,17,20)(H,18,19)(H,21,22). The fourth-order valence-corrected chi connectivity index (χ4v) is 2.44. The van der Waals surface area contributed by atoms with Gasteiger partial charge >= 0.3 is 5.97 Å². The maximum absolute atomic E-state index is 12.0. The van der Waals surface area contributed by atoms with Crippen LogP contribution in [0.25, 0.3) is 0 Å². The van der Waals surface area contributed by atoms with Crippen LogP contribution in [0.2, 0.25) is 0 Å². The molecule has 124 valence electrons. The Labute approximate surface area is 134 Å². The molecule has 0 radical (unpaired) electrons. The summed E-state index contributed by atoms with van der Waals surface area (Å²) in [5, 5.41) is 14.4. The summed E-state index contributed by atoms with van der Waals surface area (Å²) in [6.07, 6.45) is 1.91. The molecule has 1 aromatic rings. The van der Waals surface area contributed by atoms with Gasteiger partial charge in [0.05, 0.1) is 5.41 Å². The predicted molar refractivity (Wildman–Crippen MR) is 83.2 cm³/mol. The Morgan fingerprint density at radius 2 is 1.83 bits per heavy atom. The maximum Gasteiger partial charge on any atom is 0.310 e. The van der Waals surface area contributed by atoms with Crippen molar-refractivity contribution in [2.45, 2.75) is 25.7 Å². The molecule has 1 aromatic carbocycles. The molecule has 23 heavy (non-hydrogen) atoms. The highest BCUT2D eigenvalue weighted by atomic mass is 16.5. The topological polar surface area (TPSA) is 105 Å². The molecule has 7 heteroatoms. The third-order valence-corrected chi connectivity index (χ3v) is 4.05. The van der Waals surface area contributed by atoms with Gasteiger partial charge in [-0.15, -0.1) is 0 Å². The Hall–Kier alpha value is -2.57. The summed E-state index contributed by atoms with van der Waals surface area (Å²) in [7, 11) is 1.52. The molecule has 1 aliphatic rings. The number of carboxylic acid groups (broad SMARTS) is 1. The lowest BCUT2D eigenvalue weighted by Crippen LogP contribution is -2.41. The van der Waals surface area contributed by atoms with Crippen molar-refractivity contribution in [3.63, 3.8) is 0 Å². The van der Waals surface area contributed by atoms with E-state index in [1.54, 1.807) is 24.3 Å². The molecule has 1 fully saturated rings. The van der Waals surface area contributed by atoms with Gasteiger partial charge in [0.1, 0.15) is 5.75 Å². The minimum absolute atomic E-state index is 0.0166. The minimum Gasteiger partial charge on any atom is -0.484 e. The van der Waals surface area contributed by atoms with Gasteiger partial charge in [0, 0.05) is 19.2 Å². The fraction of sp³-hybridized carbons (Fsp3) is 0.438. The van der Waals surface area contributed by atoms with Crippen LogP contribution in [0.15, 0.2) is 24.3 Å². The monoisotopic (exact) mass is 320 g/mol. The van der Waals surface area contributed by atoms with Crippen molar-refractivity contribution in [2.24, 2.45) is 5.41 Å². The molecule has 0 unspecified atom stereocenters. The summed E-state index contributed by atoms with van der Waals surface area (Å²) >= 11 is 0. The van der Waals surface area contributed by atoms with E-state index in [-0.39, 0.29) is 24.8 Å². The quantitative estimate of drug-likeness (QED) is 0.704. The van der Waals surface area contributed by atoms with E-state index in [1.165, 1.54) is 7.05 Å². The van der Waals surface area contributed by atoms with Crippen molar-refractivity contribution in [3.8, 4) is 5.75 Å². The van der Waals surface area contributed by atoms with Crippen molar-refractivity contribution in [1.82, 2.24) is 5.32 Å². The number of ether oxygens (including phenoxy) is 1. The van der Waals surface area contributed by atoms with Crippen LogP contribution in [0.3, 0.4) is 0 Å². The molecule has 0 aliphatic heterocycles. The second-order valence-electron chi connectivity index (χ2n) is 5.65. The van der Waals surface area contributed by atoms with Gasteiger partial charge in [-0.1, -0.05) is 6.42 Å². The van der Waals surface area contributed by atoms with Crippen molar-refractivity contribution >= 4 is 23.5 Å². The van der Waals surface area contributed by atoms with Crippen LogP contribution < -0.4 is 15.4 Å². The number of nitrogens with one attached hydrogen (secondary N) is 2. The number of anilines is 1. The van der Waals surface area contributed by atoms with Crippen LogP contribution in [-0.4, -0.2) is 36.5 Å². The van der Waals surface area contributed by atoms with E-state index in [1.807, 2.05) is 0 Å². The van der Waals surface area contributed by atoms with E-state index in [9.17, 15) is 19.5 Å². The van der Waals surface area contributed by atoms with Crippen LogP contribution >= 0.6 is 0 Å². The molecule has 1 aliphatic carbocycles. The average Bonchev–Trinajstić information content (AvgIpc) is 2.49. The van der Waals surface area contributed by atoms with Crippen molar-refractivity contribution in [3.05, 3.63) is 24.3 Å². The number of hydrogen-bond acceptors (Lipinski definition) is 4. The second kappa shape index (κ2) is 7.13. The van der Waals surface area contributed by atoms with E-state index in [0.29, 0.717) is 24.3 Å². The summed E-state index contributed by atoms with van der Waals surface area (Å²) in [5.41, 5.74) is -0.345. The van der Waals surface area contributed by atoms with E-state index in [2.05, 4.69) is 10.6 Å². The highest BCUT2D eigenvalue weighted by Gasteiger charge is 2.45. The molecule has 0 aromatic heterocycles. The summed E-state index contributed by atoms with van der Waals surface area (Å²) in [4.78, 5) is 34.3. The largest absolute Gasteiger partial charge is 0.484 e. The molecule has 0 saturated heterocycles. The molecular formula is C16H20N2O5. The number of benzene rings is 1. The first-order chi connectivity index (χ1) is 10.9. The molecule has 3 N–H and O–H groups in total. The first-order valence-corrected chi connectivity index (χ1v) is 7.42. The number of carbonyl (C=O) groups is 3. The molecule has 0 spiro atoms. The molecule has 0 bridgehead atoms. The van der Waals surface area contributed by atoms with Gasteiger partial charge in [-0.3, -0.25) is 14.4 Å². The smallest absolute Gasteiger partial charge is 0.310 e. The maximum atomic E-state index is 12.0. The Morgan fingerprint density at radius 3 is 2.30 bits per heavy atom. The van der Waals surface area contributed by atoms with Crippen LogP contribution in [0, 0.1) is 5.41 Å². The highest BCUT2D eigenvalue weighted by molar-refractivity contribution is 5.94. The van der Waals surface area contributed by atoms with Crippen LogP contribution in [0.5, 0.6) is 5.75 Å². The Balaban J connectivity index is 1.86. The molecule has 2 amide bonds. The fourth-order valence-electron chi connectivity index (χ4n) is 2.44. The van der Waals surface area contributed by atoms with E-state index in [4.69, 9.17) is 4.74 Å². The zero-order chi connectivity index (χ0) is 16.9. The van der Waals surface area contributed by atoms with Gasteiger partial charge in [-0.05, 0) is 37.1 Å². The highest BCUT2D eigenvalue weighted by Crippen LogP contribution is 2.44. The number of carbonyl (C=O) groups excluding carboxylic acids is 2. The number of rotatable bonds is 7. The lowest BCUT2D eigenvalue weighted by Gasteiger charge is -2.36. The Bertz CT molecular complexity index is 593. The molecule has 0 heterocycles. The van der Waals surface area contributed by atoms with Gasteiger partial charge in [0.15, 0.2) is 6.61 Å². The number of carboxylic acids is 1. The number of aliphatic carboxylic acids is 1. The lowest BCUT2D eigenvalue weighted by atomic mass is 9.66. The van der Waals surface area contributed by atoms with Crippen LogP contribution in [-0.2, 0) is 14.4 Å². The van der Waals surface area contributed by atoms with E-state index in [0.717, 1.165) is 6.42 Å². The number of hydrogen-bond donors (Lipinski definition) is 3. The molecule has 7 nitrogen and oxygen atoms in total. The third-order valence-electron chi connectivity index (χ3n) is 4.05. The van der Waals surface area contributed by atoms with E-state index >= 15 is 0 Å². The third kappa shape index (κ3) is 4.21. The van der Waals surface area contributed by atoms with Crippen LogP contribution in [0.1, 0.15) is 25.7 Å². The van der Waals surface area contributed by atoms with Gasteiger partial charge in [0.2, 0.25) is 5.91 Å². The summed E-state index contributed by atoms with van der Waals surface area (Å²) in [5.74, 6) is -0.947. The van der Waals surface area contributed by atoms with Gasteiger partial charge < -0.3 is 20.5 Å². The van der Waals surface area contributed by atoms with Crippen molar-refractivity contribution in [2.75, 3.05) is 19.0 Å². The molecular weight excluding hydrogens is 300 g/mol. The molecule has 2 rings (SSSR count). The summed E-state index contributed by atoms with van der Waals surface area (Å²) in [6, 6.07) is 6.56. The number of amides is 2. The zero-order valence-corrected chi connectivity index (χ0v) is 12.9. The first-order valence-electron chi connectivity index (χ1n) is 7.42. The zero-order valence-electron chi connectivity index (χ0n) is 12.9. The SMILES string of the molecule is CNC(=O)COc1ccc(NC(=O)CC2(C(=O)O)CCC2)cc1. The van der Waals surface area contributed by atoms with Gasteiger partial charge in [0.25, 0.3) is 5.91 Å². The minimum atomic E-state index is -0.906. The predicted octanol–water partition coefficient (Wildman–Crippen LogP) is 1.39. The van der Waals surface area contributed by atoms with Crippen molar-refractivity contribution < 1.29 is 24.2 Å². The van der Waals surface area contributed by atoms with Gasteiger partial charge in [-0.2, -0.15) is 0 Å². The van der Waals surface area contributed by atoms with Crippen molar-refractivity contribution in [1.29, 1.82) is 0 Å². The molecule has 0 atom stereocenters. The van der Waals surface area contributed by atoms with Crippen LogP contribution in [0.4, 0.5) is 5.69 Å². The lowest BCUT2D eigenvalue weighted by molar-refractivity contribution is -0.157. The number of likely N-dealkylation sites (N-methyl/N-ethyl adjacent to an activating group) is 1. The van der Waals surface area contributed by atoms with Gasteiger partial charge in [-0.25, -0.2) is 0 Å². The summed E-state index contributed by atoms with van der Waals surface area (Å²) < 4.78 is 5.25.